The largest absolute Gasteiger partial charge is 0.493 e. The smallest absolute Gasteiger partial charge is 0.124 e. The summed E-state index contributed by atoms with van der Waals surface area (Å²) in [6, 6.07) is 8.25. The van der Waals surface area contributed by atoms with E-state index in [0.29, 0.717) is 0 Å². The maximum Gasteiger partial charge on any atom is 0.124 e. The summed E-state index contributed by atoms with van der Waals surface area (Å²) in [6.07, 6.45) is 10.1. The second-order valence-corrected chi connectivity index (χ2v) is 5.52. The standard InChI is InChI=1S/C18H31NO/c1-3-5-6-7-8-9-12-15-20-18-14-11-10-13-16(18)17(19)4-2/h10-11,13-14,17H,3-9,12,15,19H2,1-2H3/t17-/m1/s1. The Morgan fingerprint density at radius 2 is 1.60 bits per heavy atom. The van der Waals surface area contributed by atoms with Crippen LogP contribution in [0, 0.1) is 0 Å². The van der Waals surface area contributed by atoms with Gasteiger partial charge < -0.3 is 10.5 Å². The lowest BCUT2D eigenvalue weighted by atomic mass is 10.0. The van der Waals surface area contributed by atoms with E-state index in [1.165, 1.54) is 38.5 Å². The Bertz CT molecular complexity index is 351. The monoisotopic (exact) mass is 277 g/mol. The molecule has 2 heteroatoms. The minimum Gasteiger partial charge on any atom is -0.493 e. The van der Waals surface area contributed by atoms with Gasteiger partial charge in [-0.2, -0.15) is 0 Å². The Hall–Kier alpha value is -1.02. The molecule has 1 atom stereocenters. The van der Waals surface area contributed by atoms with Gasteiger partial charge in [0, 0.05) is 11.6 Å². The number of unbranched alkanes of at least 4 members (excludes halogenated alkanes) is 6. The SMILES string of the molecule is CCCCCCCCCOc1ccccc1[C@H](N)CC. The molecule has 0 aliphatic carbocycles. The van der Waals surface area contributed by atoms with Gasteiger partial charge in [0.25, 0.3) is 0 Å². The third-order valence-electron chi connectivity index (χ3n) is 3.76. The van der Waals surface area contributed by atoms with Gasteiger partial charge in [0.15, 0.2) is 0 Å². The molecule has 0 radical (unpaired) electrons. The van der Waals surface area contributed by atoms with Crippen LogP contribution < -0.4 is 10.5 Å². The summed E-state index contributed by atoms with van der Waals surface area (Å²) < 4.78 is 5.91. The van der Waals surface area contributed by atoms with Gasteiger partial charge in [-0.1, -0.05) is 70.6 Å². The normalized spacial score (nSPS) is 12.3. The van der Waals surface area contributed by atoms with Crippen LogP contribution in [0.5, 0.6) is 5.75 Å². The first kappa shape index (κ1) is 17.0. The Morgan fingerprint density at radius 1 is 0.950 bits per heavy atom. The predicted molar refractivity (Wildman–Crippen MR) is 87.1 cm³/mol. The summed E-state index contributed by atoms with van der Waals surface area (Å²) in [6.45, 7) is 5.17. The fraction of sp³-hybridized carbons (Fsp3) is 0.667. The molecule has 0 amide bonds. The minimum atomic E-state index is 0.0836. The van der Waals surface area contributed by atoms with Crippen molar-refractivity contribution in [2.45, 2.75) is 71.3 Å². The van der Waals surface area contributed by atoms with Crippen LogP contribution in [0.4, 0.5) is 0 Å². The zero-order valence-corrected chi connectivity index (χ0v) is 13.2. The van der Waals surface area contributed by atoms with E-state index in [0.717, 1.165) is 30.8 Å². The van der Waals surface area contributed by atoms with Crippen LogP contribution in [0.25, 0.3) is 0 Å². The van der Waals surface area contributed by atoms with Gasteiger partial charge in [-0.3, -0.25) is 0 Å². The van der Waals surface area contributed by atoms with Gasteiger partial charge in [-0.05, 0) is 18.9 Å². The Labute approximate surface area is 124 Å². The number of hydrogen-bond donors (Lipinski definition) is 1. The Balaban J connectivity index is 2.22. The summed E-state index contributed by atoms with van der Waals surface area (Å²) in [5.74, 6) is 0.966. The molecular weight excluding hydrogens is 246 g/mol. The first-order chi connectivity index (χ1) is 9.79. The summed E-state index contributed by atoms with van der Waals surface area (Å²) in [5.41, 5.74) is 7.25. The molecule has 114 valence electrons. The molecule has 1 rings (SSSR count). The molecule has 0 fully saturated rings. The maximum absolute atomic E-state index is 6.11. The molecule has 0 saturated carbocycles. The van der Waals surface area contributed by atoms with E-state index in [4.69, 9.17) is 10.5 Å². The van der Waals surface area contributed by atoms with Crippen LogP contribution in [0.3, 0.4) is 0 Å². The highest BCUT2D eigenvalue weighted by Gasteiger charge is 2.09. The van der Waals surface area contributed by atoms with E-state index >= 15 is 0 Å². The lowest BCUT2D eigenvalue weighted by molar-refractivity contribution is 0.299. The van der Waals surface area contributed by atoms with Gasteiger partial charge >= 0.3 is 0 Å². The van der Waals surface area contributed by atoms with E-state index in [2.05, 4.69) is 19.9 Å². The lowest BCUT2D eigenvalue weighted by Crippen LogP contribution is -2.11. The summed E-state index contributed by atoms with van der Waals surface area (Å²) in [7, 11) is 0. The van der Waals surface area contributed by atoms with Crippen LogP contribution in [0.1, 0.15) is 76.8 Å². The summed E-state index contributed by atoms with van der Waals surface area (Å²) in [5, 5.41) is 0. The van der Waals surface area contributed by atoms with Gasteiger partial charge in [0.2, 0.25) is 0 Å². The minimum absolute atomic E-state index is 0.0836. The molecule has 0 spiro atoms. The zero-order valence-electron chi connectivity index (χ0n) is 13.2. The molecule has 0 heterocycles. The fourth-order valence-corrected chi connectivity index (χ4v) is 2.38. The average molecular weight is 277 g/mol. The molecule has 0 aromatic heterocycles. The first-order valence-corrected chi connectivity index (χ1v) is 8.26. The quantitative estimate of drug-likeness (QED) is 0.562. The van der Waals surface area contributed by atoms with E-state index in [1.54, 1.807) is 0 Å². The van der Waals surface area contributed by atoms with Gasteiger partial charge in [-0.25, -0.2) is 0 Å². The van der Waals surface area contributed by atoms with Crippen LogP contribution in [-0.2, 0) is 0 Å². The lowest BCUT2D eigenvalue weighted by Gasteiger charge is -2.15. The van der Waals surface area contributed by atoms with E-state index < -0.39 is 0 Å². The van der Waals surface area contributed by atoms with Gasteiger partial charge in [0.1, 0.15) is 5.75 Å². The van der Waals surface area contributed by atoms with Crippen molar-refractivity contribution in [3.63, 3.8) is 0 Å². The number of rotatable bonds is 11. The third kappa shape index (κ3) is 6.42. The van der Waals surface area contributed by atoms with Gasteiger partial charge in [-0.15, -0.1) is 0 Å². The summed E-state index contributed by atoms with van der Waals surface area (Å²) in [4.78, 5) is 0. The van der Waals surface area contributed by atoms with Crippen molar-refractivity contribution in [2.75, 3.05) is 6.61 Å². The molecule has 2 nitrogen and oxygen atoms in total. The topological polar surface area (TPSA) is 35.2 Å². The van der Waals surface area contributed by atoms with E-state index in [9.17, 15) is 0 Å². The van der Waals surface area contributed by atoms with Crippen molar-refractivity contribution < 1.29 is 4.74 Å². The molecule has 0 bridgehead atoms. The second-order valence-electron chi connectivity index (χ2n) is 5.52. The first-order valence-electron chi connectivity index (χ1n) is 8.26. The molecule has 1 aromatic rings. The molecule has 0 unspecified atom stereocenters. The molecule has 0 saturated heterocycles. The molecule has 1 aromatic carbocycles. The van der Waals surface area contributed by atoms with Crippen LogP contribution >= 0.6 is 0 Å². The molecule has 20 heavy (non-hydrogen) atoms. The molecular formula is C18H31NO. The number of para-hydroxylation sites is 1. The van der Waals surface area contributed by atoms with Crippen LogP contribution in [0.15, 0.2) is 24.3 Å². The average Bonchev–Trinajstić information content (AvgIpc) is 2.49. The fourth-order valence-electron chi connectivity index (χ4n) is 2.38. The number of ether oxygens (including phenoxy) is 1. The van der Waals surface area contributed by atoms with Crippen molar-refractivity contribution in [2.24, 2.45) is 5.73 Å². The second kappa shape index (κ2) is 10.7. The molecule has 0 aliphatic heterocycles. The summed E-state index contributed by atoms with van der Waals surface area (Å²) >= 11 is 0. The third-order valence-corrected chi connectivity index (χ3v) is 3.76. The highest BCUT2D eigenvalue weighted by Crippen LogP contribution is 2.25. The van der Waals surface area contributed by atoms with Crippen molar-refractivity contribution in [1.82, 2.24) is 0 Å². The Kier molecular flexibility index (Phi) is 9.14. The van der Waals surface area contributed by atoms with Crippen molar-refractivity contribution >= 4 is 0 Å². The highest BCUT2D eigenvalue weighted by atomic mass is 16.5. The zero-order chi connectivity index (χ0) is 14.6. The number of nitrogens with two attached hydrogens (primary N) is 1. The highest BCUT2D eigenvalue weighted by molar-refractivity contribution is 5.35. The predicted octanol–water partition coefficient (Wildman–Crippen LogP) is 5.23. The molecule has 2 N–H and O–H groups in total. The maximum atomic E-state index is 6.11. The van der Waals surface area contributed by atoms with Crippen LogP contribution in [-0.4, -0.2) is 6.61 Å². The Morgan fingerprint density at radius 3 is 2.30 bits per heavy atom. The number of hydrogen-bond acceptors (Lipinski definition) is 2. The van der Waals surface area contributed by atoms with E-state index in [-0.39, 0.29) is 6.04 Å². The molecule has 0 aliphatic rings. The van der Waals surface area contributed by atoms with Crippen molar-refractivity contribution in [3.8, 4) is 5.75 Å². The van der Waals surface area contributed by atoms with Crippen LogP contribution in [0.2, 0.25) is 0 Å². The van der Waals surface area contributed by atoms with Gasteiger partial charge in [0.05, 0.1) is 6.61 Å². The van der Waals surface area contributed by atoms with E-state index in [1.807, 2.05) is 18.2 Å². The van der Waals surface area contributed by atoms with Crippen molar-refractivity contribution in [3.05, 3.63) is 29.8 Å². The van der Waals surface area contributed by atoms with Crippen molar-refractivity contribution in [1.29, 1.82) is 0 Å². The number of benzene rings is 1.